The van der Waals surface area contributed by atoms with Crippen molar-refractivity contribution in [2.75, 3.05) is 23.3 Å². The summed E-state index contributed by atoms with van der Waals surface area (Å²) in [7, 11) is 0. The van der Waals surface area contributed by atoms with Crippen LogP contribution >= 0.6 is 23.2 Å². The van der Waals surface area contributed by atoms with Crippen LogP contribution in [0.3, 0.4) is 0 Å². The van der Waals surface area contributed by atoms with Gasteiger partial charge in [-0.05, 0) is 75.7 Å². The highest BCUT2D eigenvalue weighted by molar-refractivity contribution is 6.35. The van der Waals surface area contributed by atoms with Gasteiger partial charge in [0.15, 0.2) is 6.10 Å². The predicted molar refractivity (Wildman–Crippen MR) is 125 cm³/mol. The number of halogens is 2. The molecule has 1 atom stereocenters. The quantitative estimate of drug-likeness (QED) is 0.476. The Morgan fingerprint density at radius 3 is 2.53 bits per heavy atom. The second kappa shape index (κ2) is 9.54. The second-order valence-corrected chi connectivity index (χ2v) is 7.87. The topological polar surface area (TPSA) is 54.5 Å². The van der Waals surface area contributed by atoms with Gasteiger partial charge in [-0.25, -0.2) is 4.98 Å². The van der Waals surface area contributed by atoms with Crippen LogP contribution in [0.15, 0.2) is 42.5 Å². The summed E-state index contributed by atoms with van der Waals surface area (Å²) in [6, 6.07) is 12.7. The number of fused-ring (bicyclic) bond motifs is 1. The first-order valence-corrected chi connectivity index (χ1v) is 10.7. The van der Waals surface area contributed by atoms with E-state index in [1.807, 2.05) is 18.2 Å². The monoisotopic (exact) mass is 445 g/mol. The molecule has 0 radical (unpaired) electrons. The number of pyridine rings is 1. The maximum atomic E-state index is 12.6. The first-order valence-electron chi connectivity index (χ1n) is 9.91. The Morgan fingerprint density at radius 1 is 1.13 bits per heavy atom. The van der Waals surface area contributed by atoms with Crippen molar-refractivity contribution in [3.8, 4) is 5.75 Å². The van der Waals surface area contributed by atoms with Crippen molar-refractivity contribution in [2.24, 2.45) is 0 Å². The maximum absolute atomic E-state index is 12.6. The van der Waals surface area contributed by atoms with Gasteiger partial charge < -0.3 is 15.0 Å². The third-order valence-electron chi connectivity index (χ3n) is 4.92. The molecule has 1 aromatic heterocycles. The molecule has 7 heteroatoms. The summed E-state index contributed by atoms with van der Waals surface area (Å²) < 4.78 is 5.69. The zero-order valence-electron chi connectivity index (χ0n) is 17.5. The molecule has 30 heavy (non-hydrogen) atoms. The lowest BCUT2D eigenvalue weighted by Gasteiger charge is -2.21. The van der Waals surface area contributed by atoms with Crippen molar-refractivity contribution < 1.29 is 9.53 Å². The van der Waals surface area contributed by atoms with Crippen LogP contribution in [-0.4, -0.2) is 30.1 Å². The molecule has 1 heterocycles. The van der Waals surface area contributed by atoms with Gasteiger partial charge in [0.2, 0.25) is 0 Å². The molecule has 0 spiro atoms. The molecule has 0 aliphatic rings. The summed E-state index contributed by atoms with van der Waals surface area (Å²) in [4.78, 5) is 19.6. The Balaban J connectivity index is 1.77. The minimum Gasteiger partial charge on any atom is -0.479 e. The van der Waals surface area contributed by atoms with E-state index in [9.17, 15) is 4.79 Å². The summed E-state index contributed by atoms with van der Waals surface area (Å²) in [6.07, 6.45) is -0.733. The number of carbonyl (C=O) groups excluding carboxylic acids is 1. The number of anilines is 2. The van der Waals surface area contributed by atoms with Gasteiger partial charge in [-0.2, -0.15) is 0 Å². The summed E-state index contributed by atoms with van der Waals surface area (Å²) in [5.74, 6) is 1.10. The van der Waals surface area contributed by atoms with Gasteiger partial charge >= 0.3 is 0 Å². The molecule has 0 saturated heterocycles. The number of nitrogens with one attached hydrogen (secondary N) is 1. The molecule has 0 unspecified atom stereocenters. The van der Waals surface area contributed by atoms with Gasteiger partial charge in [-0.15, -0.1) is 0 Å². The van der Waals surface area contributed by atoms with Crippen molar-refractivity contribution in [3.63, 3.8) is 0 Å². The first kappa shape index (κ1) is 22.2. The van der Waals surface area contributed by atoms with Crippen LogP contribution in [0.25, 0.3) is 10.9 Å². The minimum atomic E-state index is -0.733. The van der Waals surface area contributed by atoms with Gasteiger partial charge in [0.25, 0.3) is 5.91 Å². The van der Waals surface area contributed by atoms with E-state index in [1.165, 1.54) is 0 Å². The molecule has 2 aromatic carbocycles. The van der Waals surface area contributed by atoms with E-state index in [2.05, 4.69) is 37.1 Å². The number of hydrogen-bond donors (Lipinski definition) is 1. The van der Waals surface area contributed by atoms with Crippen molar-refractivity contribution in [3.05, 3.63) is 58.1 Å². The van der Waals surface area contributed by atoms with Gasteiger partial charge in [-0.3, -0.25) is 4.79 Å². The summed E-state index contributed by atoms with van der Waals surface area (Å²) >= 11 is 12.0. The largest absolute Gasteiger partial charge is 0.479 e. The molecule has 0 aliphatic heterocycles. The lowest BCUT2D eigenvalue weighted by molar-refractivity contribution is -0.122. The van der Waals surface area contributed by atoms with E-state index in [4.69, 9.17) is 32.9 Å². The SMILES string of the molecule is CCN(CC)c1cc(C)c2cc(NC(=O)[C@H](C)Oc3ccc(Cl)cc3Cl)ccc2n1. The molecule has 5 nitrogen and oxygen atoms in total. The van der Waals surface area contributed by atoms with E-state index in [0.717, 1.165) is 35.4 Å². The van der Waals surface area contributed by atoms with Crippen LogP contribution in [0.2, 0.25) is 10.0 Å². The number of ether oxygens (including phenoxy) is 1. The minimum absolute atomic E-state index is 0.272. The lowest BCUT2D eigenvalue weighted by Crippen LogP contribution is -2.30. The number of hydrogen-bond acceptors (Lipinski definition) is 4. The standard InChI is InChI=1S/C23H25Cl2N3O2/c1-5-28(6-2)22-11-14(3)18-13-17(8-9-20(18)27-22)26-23(29)15(4)30-21-10-7-16(24)12-19(21)25/h7-13,15H,5-6H2,1-4H3,(H,26,29)/t15-/m0/s1. The van der Waals surface area contributed by atoms with Crippen LogP contribution in [0.5, 0.6) is 5.75 Å². The molecule has 0 saturated carbocycles. The Morgan fingerprint density at radius 2 is 1.87 bits per heavy atom. The number of rotatable bonds is 7. The molecule has 0 bridgehead atoms. The Hall–Kier alpha value is -2.50. The third kappa shape index (κ3) is 4.97. The first-order chi connectivity index (χ1) is 14.3. The maximum Gasteiger partial charge on any atom is 0.265 e. The molecule has 1 N–H and O–H groups in total. The zero-order chi connectivity index (χ0) is 21.8. The average molecular weight is 446 g/mol. The average Bonchev–Trinajstić information content (AvgIpc) is 2.71. The molecule has 158 valence electrons. The summed E-state index contributed by atoms with van der Waals surface area (Å²) in [5.41, 5.74) is 2.69. The molecule has 0 aliphatic carbocycles. The second-order valence-electron chi connectivity index (χ2n) is 7.03. The highest BCUT2D eigenvalue weighted by Crippen LogP contribution is 2.29. The van der Waals surface area contributed by atoms with Crippen molar-refractivity contribution in [1.82, 2.24) is 4.98 Å². The van der Waals surface area contributed by atoms with E-state index in [-0.39, 0.29) is 5.91 Å². The van der Waals surface area contributed by atoms with Gasteiger partial charge in [0, 0.05) is 29.2 Å². The summed E-state index contributed by atoms with van der Waals surface area (Å²) in [5, 5.41) is 4.77. The number of carbonyl (C=O) groups is 1. The van der Waals surface area contributed by atoms with Crippen LogP contribution < -0.4 is 15.0 Å². The third-order valence-corrected chi connectivity index (χ3v) is 5.45. The molecule has 0 fully saturated rings. The van der Waals surface area contributed by atoms with E-state index < -0.39 is 6.10 Å². The van der Waals surface area contributed by atoms with Crippen LogP contribution in [0, 0.1) is 6.92 Å². The number of nitrogens with zero attached hydrogens (tertiary/aromatic N) is 2. The fourth-order valence-corrected chi connectivity index (χ4v) is 3.68. The predicted octanol–water partition coefficient (Wildman–Crippen LogP) is 6.10. The fraction of sp³-hybridized carbons (Fsp3) is 0.304. The Bertz CT molecular complexity index is 1070. The molecular formula is C23H25Cl2N3O2. The highest BCUT2D eigenvalue weighted by Gasteiger charge is 2.17. The van der Waals surface area contributed by atoms with Crippen LogP contribution in [-0.2, 0) is 4.79 Å². The molecule has 1 amide bonds. The molecular weight excluding hydrogens is 421 g/mol. The van der Waals surface area contributed by atoms with Gasteiger partial charge in [-0.1, -0.05) is 23.2 Å². The molecule has 3 aromatic rings. The summed E-state index contributed by atoms with van der Waals surface area (Å²) in [6.45, 7) is 9.76. The van der Waals surface area contributed by atoms with Crippen molar-refractivity contribution in [1.29, 1.82) is 0 Å². The normalized spacial score (nSPS) is 11.9. The number of aryl methyl sites for hydroxylation is 1. The fourth-order valence-electron chi connectivity index (χ4n) is 3.22. The number of amides is 1. The number of benzene rings is 2. The van der Waals surface area contributed by atoms with Crippen LogP contribution in [0.4, 0.5) is 11.5 Å². The number of aromatic nitrogens is 1. The van der Waals surface area contributed by atoms with Crippen molar-refractivity contribution in [2.45, 2.75) is 33.8 Å². The van der Waals surface area contributed by atoms with Crippen molar-refractivity contribution >= 4 is 51.5 Å². The smallest absolute Gasteiger partial charge is 0.265 e. The Kier molecular flexibility index (Phi) is 7.06. The van der Waals surface area contributed by atoms with E-state index >= 15 is 0 Å². The van der Waals surface area contributed by atoms with E-state index in [1.54, 1.807) is 25.1 Å². The van der Waals surface area contributed by atoms with E-state index in [0.29, 0.717) is 21.5 Å². The molecule has 3 rings (SSSR count). The Labute approximate surface area is 187 Å². The van der Waals surface area contributed by atoms with Gasteiger partial charge in [0.1, 0.15) is 11.6 Å². The zero-order valence-corrected chi connectivity index (χ0v) is 19.0. The lowest BCUT2D eigenvalue weighted by atomic mass is 10.1. The highest BCUT2D eigenvalue weighted by atomic mass is 35.5. The van der Waals surface area contributed by atoms with Gasteiger partial charge in [0.05, 0.1) is 10.5 Å². The van der Waals surface area contributed by atoms with Crippen LogP contribution in [0.1, 0.15) is 26.3 Å².